The number of cyclic esters (lactones) is 1. The zero-order valence-electron chi connectivity index (χ0n) is 26.9. The van der Waals surface area contributed by atoms with Crippen LogP contribution in [0.15, 0.2) is 54.3 Å². The van der Waals surface area contributed by atoms with Crippen LogP contribution in [0.4, 0.5) is 0 Å². The molecule has 0 spiro atoms. The van der Waals surface area contributed by atoms with Gasteiger partial charge in [0.05, 0.1) is 6.61 Å². The van der Waals surface area contributed by atoms with Crippen molar-refractivity contribution in [3.05, 3.63) is 76.0 Å². The predicted octanol–water partition coefficient (Wildman–Crippen LogP) is 5.30. The average molecular weight is 686 g/mol. The number of nitrogens with zero attached hydrogens (tertiary/aromatic N) is 6. The predicted molar refractivity (Wildman–Crippen MR) is 173 cm³/mol. The minimum atomic E-state index is -1.36. The SMILES string of the molecule is CCOC(=O)C(C)(C)OC(=O)Cc1nc(-c2ccc(Cl)cc2)nn1C.Cn1nc(-c2ccc(Cl)cc2)nc1C1=C(O)C(C)(C)OC1=O. The molecule has 0 atom stereocenters. The average Bonchev–Trinajstić information content (AvgIpc) is 3.61. The highest BCUT2D eigenvalue weighted by Crippen LogP contribution is 2.35. The molecule has 15 heteroatoms. The van der Waals surface area contributed by atoms with E-state index in [2.05, 4.69) is 20.2 Å². The zero-order valence-corrected chi connectivity index (χ0v) is 28.4. The normalized spacial score (nSPS) is 13.9. The van der Waals surface area contributed by atoms with E-state index in [4.69, 9.17) is 37.4 Å². The van der Waals surface area contributed by atoms with Gasteiger partial charge in [-0.25, -0.2) is 24.2 Å². The smallest absolute Gasteiger partial charge is 0.349 e. The fourth-order valence-corrected chi connectivity index (χ4v) is 4.59. The molecule has 0 saturated heterocycles. The Kier molecular flexibility index (Phi) is 10.4. The molecule has 0 radical (unpaired) electrons. The number of aliphatic hydroxyl groups excluding tert-OH is 1. The number of carbonyl (C=O) groups is 3. The van der Waals surface area contributed by atoms with E-state index in [1.807, 2.05) is 0 Å². The quantitative estimate of drug-likeness (QED) is 0.189. The number of halogens is 2. The summed E-state index contributed by atoms with van der Waals surface area (Å²) in [5, 5.41) is 20.0. The van der Waals surface area contributed by atoms with Gasteiger partial charge in [-0.05, 0) is 83.1 Å². The van der Waals surface area contributed by atoms with Gasteiger partial charge >= 0.3 is 17.9 Å². The molecule has 0 fully saturated rings. The topological polar surface area (TPSA) is 161 Å². The lowest BCUT2D eigenvalue weighted by atomic mass is 10.1. The van der Waals surface area contributed by atoms with E-state index in [0.29, 0.717) is 27.5 Å². The Labute approximate surface area is 281 Å². The number of ether oxygens (including phenoxy) is 3. The number of benzene rings is 2. The van der Waals surface area contributed by atoms with Crippen molar-refractivity contribution in [2.24, 2.45) is 14.1 Å². The molecule has 1 aliphatic rings. The number of aryl methyl sites for hydroxylation is 2. The molecular weight excluding hydrogens is 651 g/mol. The van der Waals surface area contributed by atoms with Crippen molar-refractivity contribution < 1.29 is 33.7 Å². The number of esters is 3. The summed E-state index contributed by atoms with van der Waals surface area (Å²) >= 11 is 11.7. The van der Waals surface area contributed by atoms with Gasteiger partial charge in [0, 0.05) is 35.3 Å². The Balaban J connectivity index is 0.000000214. The van der Waals surface area contributed by atoms with Crippen molar-refractivity contribution in [3.8, 4) is 22.8 Å². The summed E-state index contributed by atoms with van der Waals surface area (Å²) in [5.41, 5.74) is -0.826. The van der Waals surface area contributed by atoms with Crippen LogP contribution in [0.2, 0.25) is 10.0 Å². The number of hydrogen-bond donors (Lipinski definition) is 1. The second-order valence-electron chi connectivity index (χ2n) is 11.4. The first-order valence-corrected chi connectivity index (χ1v) is 15.2. The van der Waals surface area contributed by atoms with Crippen LogP contribution >= 0.6 is 23.2 Å². The molecule has 3 heterocycles. The van der Waals surface area contributed by atoms with Crippen LogP contribution < -0.4 is 0 Å². The lowest BCUT2D eigenvalue weighted by molar-refractivity contribution is -0.178. The van der Waals surface area contributed by atoms with Crippen molar-refractivity contribution in [2.75, 3.05) is 6.61 Å². The van der Waals surface area contributed by atoms with Crippen LogP contribution in [-0.4, -0.2) is 70.4 Å². The second-order valence-corrected chi connectivity index (χ2v) is 12.2. The van der Waals surface area contributed by atoms with E-state index in [9.17, 15) is 19.5 Å². The van der Waals surface area contributed by atoms with Crippen LogP contribution in [0.1, 0.15) is 46.3 Å². The van der Waals surface area contributed by atoms with Gasteiger partial charge in [0.2, 0.25) is 5.60 Å². The van der Waals surface area contributed by atoms with Crippen LogP contribution in [0, 0.1) is 0 Å². The van der Waals surface area contributed by atoms with Crippen LogP contribution in [-0.2, 0) is 49.1 Å². The summed E-state index contributed by atoms with van der Waals surface area (Å²) in [6, 6.07) is 14.1. The van der Waals surface area contributed by atoms with E-state index < -0.39 is 29.1 Å². The lowest BCUT2D eigenvalue weighted by Crippen LogP contribution is -2.39. The minimum Gasteiger partial charge on any atom is -0.507 e. The first-order valence-electron chi connectivity index (χ1n) is 14.4. The Hall–Kier alpha value is -4.75. The molecule has 0 unspecified atom stereocenters. The van der Waals surface area contributed by atoms with Gasteiger partial charge in [0.15, 0.2) is 28.8 Å². The first kappa shape index (κ1) is 35.1. The summed E-state index contributed by atoms with van der Waals surface area (Å²) in [5.74, 6) is -0.332. The summed E-state index contributed by atoms with van der Waals surface area (Å²) in [4.78, 5) is 44.6. The Morgan fingerprint density at radius 1 is 0.915 bits per heavy atom. The molecule has 5 rings (SSSR count). The van der Waals surface area contributed by atoms with Gasteiger partial charge in [0.1, 0.15) is 17.8 Å². The summed E-state index contributed by atoms with van der Waals surface area (Å²) in [7, 11) is 3.34. The molecule has 1 N–H and O–H groups in total. The number of aromatic nitrogens is 6. The van der Waals surface area contributed by atoms with Gasteiger partial charge < -0.3 is 19.3 Å². The highest BCUT2D eigenvalue weighted by atomic mass is 35.5. The Morgan fingerprint density at radius 2 is 1.43 bits per heavy atom. The maximum atomic E-state index is 12.2. The van der Waals surface area contributed by atoms with Gasteiger partial charge in [-0.1, -0.05) is 23.2 Å². The van der Waals surface area contributed by atoms with Crippen LogP contribution in [0.25, 0.3) is 28.3 Å². The van der Waals surface area contributed by atoms with Gasteiger partial charge in [-0.2, -0.15) is 10.2 Å². The molecule has 248 valence electrons. The molecule has 0 aliphatic carbocycles. The minimum absolute atomic E-state index is 0.0419. The molecular formula is C32H34Cl2N6O7. The van der Waals surface area contributed by atoms with E-state index in [0.717, 1.165) is 11.1 Å². The Bertz CT molecular complexity index is 1830. The number of aliphatic hydroxyl groups is 1. The van der Waals surface area contributed by atoms with E-state index >= 15 is 0 Å². The molecule has 0 amide bonds. The third kappa shape index (κ3) is 8.16. The molecule has 2 aromatic heterocycles. The number of carbonyl (C=O) groups excluding carboxylic acids is 3. The van der Waals surface area contributed by atoms with Gasteiger partial charge in [0.25, 0.3) is 0 Å². The van der Waals surface area contributed by atoms with Crippen LogP contribution in [0.5, 0.6) is 0 Å². The molecule has 47 heavy (non-hydrogen) atoms. The van der Waals surface area contributed by atoms with Gasteiger partial charge in [-0.3, -0.25) is 9.48 Å². The highest BCUT2D eigenvalue weighted by Gasteiger charge is 2.43. The van der Waals surface area contributed by atoms with Gasteiger partial charge in [-0.15, -0.1) is 0 Å². The third-order valence-electron chi connectivity index (χ3n) is 6.84. The van der Waals surface area contributed by atoms with Crippen LogP contribution in [0.3, 0.4) is 0 Å². The number of hydrogen-bond acceptors (Lipinski definition) is 11. The number of rotatable bonds is 8. The van der Waals surface area contributed by atoms with Crippen molar-refractivity contribution in [2.45, 2.75) is 52.2 Å². The van der Waals surface area contributed by atoms with E-state index in [1.54, 1.807) is 83.4 Å². The van der Waals surface area contributed by atoms with E-state index in [-0.39, 0.29) is 30.2 Å². The van der Waals surface area contributed by atoms with Crippen molar-refractivity contribution in [1.82, 2.24) is 29.5 Å². The van der Waals surface area contributed by atoms with E-state index in [1.165, 1.54) is 23.2 Å². The molecule has 4 aromatic rings. The lowest BCUT2D eigenvalue weighted by Gasteiger charge is -2.22. The Morgan fingerprint density at radius 3 is 1.91 bits per heavy atom. The maximum Gasteiger partial charge on any atom is 0.349 e. The molecule has 2 aromatic carbocycles. The van der Waals surface area contributed by atoms with Crippen molar-refractivity contribution in [3.63, 3.8) is 0 Å². The maximum absolute atomic E-state index is 12.2. The zero-order chi connectivity index (χ0) is 34.7. The fraction of sp³-hybridized carbons (Fsp3) is 0.344. The fourth-order valence-electron chi connectivity index (χ4n) is 4.34. The van der Waals surface area contributed by atoms with Crippen molar-refractivity contribution >= 4 is 46.7 Å². The second kappa shape index (κ2) is 13.9. The molecule has 13 nitrogen and oxygen atoms in total. The molecule has 0 bridgehead atoms. The molecule has 0 saturated carbocycles. The summed E-state index contributed by atoms with van der Waals surface area (Å²) < 4.78 is 18.2. The standard InChI is InChI=1S/C17H20ClN3O4.C15H14ClN3O3/c1-5-24-16(23)17(2,3)25-14(22)10-13-19-15(20-21(13)4)11-6-8-12(18)9-7-11;1-15(2)11(20)10(14(21)22-15)13-17-12(18-19(13)3)8-4-6-9(16)7-5-8/h6-9H,5,10H2,1-4H3;4-7,20H,1-3H3. The molecule has 1 aliphatic heterocycles. The highest BCUT2D eigenvalue weighted by molar-refractivity contribution is 6.30. The summed E-state index contributed by atoms with van der Waals surface area (Å²) in [6.45, 7) is 8.10. The first-order chi connectivity index (χ1) is 22.0. The third-order valence-corrected chi connectivity index (χ3v) is 7.35. The monoisotopic (exact) mass is 684 g/mol. The summed E-state index contributed by atoms with van der Waals surface area (Å²) in [6.07, 6.45) is -0.111. The largest absolute Gasteiger partial charge is 0.507 e. The van der Waals surface area contributed by atoms with Crippen molar-refractivity contribution in [1.29, 1.82) is 0 Å².